The average molecular weight is 259 g/mol. The first-order valence-corrected chi connectivity index (χ1v) is 6.46. The van der Waals surface area contributed by atoms with E-state index >= 15 is 0 Å². The Balaban J connectivity index is 1.89. The van der Waals surface area contributed by atoms with Crippen molar-refractivity contribution in [3.8, 4) is 0 Å². The first-order valence-electron chi connectivity index (χ1n) is 6.46. The molecule has 2 aromatic rings. The van der Waals surface area contributed by atoms with Gasteiger partial charge in [-0.15, -0.1) is 0 Å². The van der Waals surface area contributed by atoms with Crippen molar-refractivity contribution in [3.63, 3.8) is 0 Å². The summed E-state index contributed by atoms with van der Waals surface area (Å²) < 4.78 is 0. The molecule has 0 unspecified atom stereocenters. The maximum atomic E-state index is 11.7. The van der Waals surface area contributed by atoms with Crippen molar-refractivity contribution in [1.29, 1.82) is 0 Å². The summed E-state index contributed by atoms with van der Waals surface area (Å²) in [6, 6.07) is 1.72. The van der Waals surface area contributed by atoms with Gasteiger partial charge in [-0.2, -0.15) is 0 Å². The molecule has 0 atom stereocenters. The number of piperazine rings is 1. The molecule has 6 heteroatoms. The number of nitrogens with one attached hydrogen (secondary N) is 1. The van der Waals surface area contributed by atoms with Crippen molar-refractivity contribution >= 4 is 10.9 Å². The molecule has 19 heavy (non-hydrogen) atoms. The second-order valence-electron chi connectivity index (χ2n) is 4.96. The van der Waals surface area contributed by atoms with E-state index in [1.165, 1.54) is 6.33 Å². The molecule has 1 aliphatic rings. The van der Waals surface area contributed by atoms with Gasteiger partial charge in [0.2, 0.25) is 0 Å². The number of nitrogens with zero attached hydrogens (tertiary/aromatic N) is 4. The van der Waals surface area contributed by atoms with Crippen LogP contribution in [-0.2, 0) is 6.54 Å². The highest BCUT2D eigenvalue weighted by Gasteiger charge is 2.16. The lowest BCUT2D eigenvalue weighted by Crippen LogP contribution is -2.44. The second-order valence-corrected chi connectivity index (χ2v) is 4.96. The van der Waals surface area contributed by atoms with Gasteiger partial charge in [0.05, 0.1) is 17.4 Å². The molecule has 0 aromatic carbocycles. The van der Waals surface area contributed by atoms with Crippen molar-refractivity contribution in [1.82, 2.24) is 24.8 Å². The highest BCUT2D eigenvalue weighted by molar-refractivity contribution is 5.78. The van der Waals surface area contributed by atoms with Crippen LogP contribution >= 0.6 is 0 Å². The maximum absolute atomic E-state index is 11.7. The zero-order chi connectivity index (χ0) is 13.2. The number of likely N-dealkylation sites (N-methyl/N-ethyl adjacent to an activating group) is 1. The van der Waals surface area contributed by atoms with Crippen molar-refractivity contribution in [2.75, 3.05) is 33.2 Å². The van der Waals surface area contributed by atoms with Gasteiger partial charge in [0, 0.05) is 38.9 Å². The van der Waals surface area contributed by atoms with Gasteiger partial charge in [-0.1, -0.05) is 0 Å². The van der Waals surface area contributed by atoms with Gasteiger partial charge in [0.1, 0.15) is 5.52 Å². The van der Waals surface area contributed by atoms with Crippen LogP contribution in [0.2, 0.25) is 0 Å². The van der Waals surface area contributed by atoms with E-state index in [1.54, 1.807) is 12.3 Å². The van der Waals surface area contributed by atoms with Crippen LogP contribution in [0.1, 0.15) is 5.69 Å². The molecule has 0 radical (unpaired) electrons. The summed E-state index contributed by atoms with van der Waals surface area (Å²) in [6.07, 6.45) is 3.13. The smallest absolute Gasteiger partial charge is 0.258 e. The molecule has 0 amide bonds. The third-order valence-corrected chi connectivity index (χ3v) is 3.60. The zero-order valence-electron chi connectivity index (χ0n) is 11.0. The van der Waals surface area contributed by atoms with Crippen LogP contribution in [0.5, 0.6) is 0 Å². The summed E-state index contributed by atoms with van der Waals surface area (Å²) >= 11 is 0. The van der Waals surface area contributed by atoms with E-state index in [-0.39, 0.29) is 5.56 Å². The van der Waals surface area contributed by atoms with Crippen molar-refractivity contribution in [3.05, 3.63) is 34.6 Å². The largest absolute Gasteiger partial charge is 0.313 e. The monoisotopic (exact) mass is 259 g/mol. The van der Waals surface area contributed by atoms with Gasteiger partial charge in [-0.3, -0.25) is 14.7 Å². The Morgan fingerprint density at radius 3 is 2.84 bits per heavy atom. The molecule has 1 aliphatic heterocycles. The van der Waals surface area contributed by atoms with E-state index < -0.39 is 0 Å². The molecule has 0 saturated carbocycles. The van der Waals surface area contributed by atoms with Crippen LogP contribution in [0.25, 0.3) is 10.9 Å². The van der Waals surface area contributed by atoms with Gasteiger partial charge in [-0.05, 0) is 13.1 Å². The minimum Gasteiger partial charge on any atom is -0.313 e. The molecule has 0 aliphatic carbocycles. The quantitative estimate of drug-likeness (QED) is 0.826. The van der Waals surface area contributed by atoms with E-state index in [1.807, 2.05) is 0 Å². The molecule has 100 valence electrons. The van der Waals surface area contributed by atoms with Crippen molar-refractivity contribution < 1.29 is 0 Å². The predicted molar refractivity (Wildman–Crippen MR) is 72.9 cm³/mol. The summed E-state index contributed by atoms with van der Waals surface area (Å²) in [5.41, 5.74) is 1.49. The molecule has 0 bridgehead atoms. The Bertz CT molecular complexity index is 630. The summed E-state index contributed by atoms with van der Waals surface area (Å²) in [6.45, 7) is 4.94. The summed E-state index contributed by atoms with van der Waals surface area (Å²) in [7, 11) is 2.13. The minimum absolute atomic E-state index is 0.105. The van der Waals surface area contributed by atoms with Crippen LogP contribution in [0.4, 0.5) is 0 Å². The number of aromatic nitrogens is 3. The molecular formula is C13H17N5O. The Morgan fingerprint density at radius 2 is 2.05 bits per heavy atom. The SMILES string of the molecule is CN1CCN(Cc2nccc3c(=O)[nH]cnc23)CC1. The van der Waals surface area contributed by atoms with Gasteiger partial charge in [-0.25, -0.2) is 4.98 Å². The number of pyridine rings is 1. The normalized spacial score (nSPS) is 17.9. The number of rotatable bonds is 2. The fourth-order valence-corrected chi connectivity index (χ4v) is 2.39. The number of fused-ring (bicyclic) bond motifs is 1. The summed E-state index contributed by atoms with van der Waals surface area (Å²) in [4.78, 5) is 27.6. The molecule has 1 N–H and O–H groups in total. The molecule has 0 spiro atoms. The molecule has 1 fully saturated rings. The number of H-pyrrole nitrogens is 1. The van der Waals surface area contributed by atoms with Crippen LogP contribution in [0, 0.1) is 0 Å². The van der Waals surface area contributed by atoms with Gasteiger partial charge in [0.25, 0.3) is 5.56 Å². The van der Waals surface area contributed by atoms with E-state index in [0.29, 0.717) is 10.9 Å². The lowest BCUT2D eigenvalue weighted by molar-refractivity contribution is 0.147. The molecule has 3 heterocycles. The summed E-state index contributed by atoms with van der Waals surface area (Å²) in [5.74, 6) is 0. The van der Waals surface area contributed by atoms with Gasteiger partial charge >= 0.3 is 0 Å². The topological polar surface area (TPSA) is 65.1 Å². The lowest BCUT2D eigenvalue weighted by Gasteiger charge is -2.32. The third-order valence-electron chi connectivity index (χ3n) is 3.60. The first kappa shape index (κ1) is 12.3. The lowest BCUT2D eigenvalue weighted by atomic mass is 10.2. The Morgan fingerprint density at radius 1 is 1.26 bits per heavy atom. The van der Waals surface area contributed by atoms with Crippen molar-refractivity contribution in [2.45, 2.75) is 6.54 Å². The van der Waals surface area contributed by atoms with Crippen LogP contribution < -0.4 is 5.56 Å². The average Bonchev–Trinajstić information content (AvgIpc) is 2.43. The highest BCUT2D eigenvalue weighted by atomic mass is 16.1. The standard InChI is InChI=1S/C13H17N5O/c1-17-4-6-18(7-5-17)8-11-12-10(2-3-14-11)13(19)16-9-15-12/h2-3,9H,4-8H2,1H3,(H,15,16,19). The van der Waals surface area contributed by atoms with E-state index in [4.69, 9.17) is 0 Å². The number of aromatic amines is 1. The van der Waals surface area contributed by atoms with Gasteiger partial charge in [0.15, 0.2) is 0 Å². The first-order chi connectivity index (χ1) is 9.24. The van der Waals surface area contributed by atoms with Crippen molar-refractivity contribution in [2.24, 2.45) is 0 Å². The molecule has 3 rings (SSSR count). The van der Waals surface area contributed by atoms with Crippen LogP contribution in [-0.4, -0.2) is 58.0 Å². The second kappa shape index (κ2) is 5.07. The molecule has 6 nitrogen and oxygen atoms in total. The Hall–Kier alpha value is -1.79. The fraction of sp³-hybridized carbons (Fsp3) is 0.462. The van der Waals surface area contributed by atoms with Crippen LogP contribution in [0.3, 0.4) is 0 Å². The Kier molecular flexibility index (Phi) is 3.27. The van der Waals surface area contributed by atoms with E-state index in [9.17, 15) is 4.79 Å². The molecule has 2 aromatic heterocycles. The number of hydrogen-bond acceptors (Lipinski definition) is 5. The number of hydrogen-bond donors (Lipinski definition) is 1. The fourth-order valence-electron chi connectivity index (χ4n) is 2.39. The zero-order valence-corrected chi connectivity index (χ0v) is 11.0. The van der Waals surface area contributed by atoms with Gasteiger partial charge < -0.3 is 9.88 Å². The predicted octanol–water partition coefficient (Wildman–Crippen LogP) is 0.0655. The highest BCUT2D eigenvalue weighted by Crippen LogP contribution is 2.13. The molecular weight excluding hydrogens is 242 g/mol. The third kappa shape index (κ3) is 2.50. The van der Waals surface area contributed by atoms with E-state index in [2.05, 4.69) is 31.8 Å². The van der Waals surface area contributed by atoms with Crippen LogP contribution in [0.15, 0.2) is 23.4 Å². The molecule has 1 saturated heterocycles. The van der Waals surface area contributed by atoms with E-state index in [0.717, 1.165) is 38.4 Å². The summed E-state index contributed by atoms with van der Waals surface area (Å²) in [5, 5.41) is 0.613. The Labute approximate surface area is 111 Å². The maximum Gasteiger partial charge on any atom is 0.258 e. The minimum atomic E-state index is -0.105.